The number of hydrogen-bond donors (Lipinski definition) is 4. The molecule has 1 heterocycles. The van der Waals surface area contributed by atoms with Gasteiger partial charge < -0.3 is 21.7 Å². The molecule has 2 aromatic carbocycles. The molecular formula is C18H16ClN5O. The topological polar surface area (TPSA) is 103 Å². The van der Waals surface area contributed by atoms with Crippen LogP contribution in [0.1, 0.15) is 22.7 Å². The number of nitriles is 1. The molecule has 0 saturated carbocycles. The van der Waals surface area contributed by atoms with E-state index in [2.05, 4.69) is 16.0 Å². The number of hydrogen-bond acceptors (Lipinski definition) is 4. The molecule has 0 bridgehead atoms. The summed E-state index contributed by atoms with van der Waals surface area (Å²) in [6.45, 7) is 0.393. The Labute approximate surface area is 150 Å². The van der Waals surface area contributed by atoms with E-state index in [0.29, 0.717) is 22.8 Å². The highest BCUT2D eigenvalue weighted by Crippen LogP contribution is 2.31. The van der Waals surface area contributed by atoms with Crippen LogP contribution in [0.15, 0.2) is 48.7 Å². The summed E-state index contributed by atoms with van der Waals surface area (Å²) in [5, 5.41) is 18.0. The molecule has 0 aromatic heterocycles. The van der Waals surface area contributed by atoms with Gasteiger partial charge in [-0.25, -0.2) is 4.79 Å². The van der Waals surface area contributed by atoms with Gasteiger partial charge in [-0.15, -0.1) is 0 Å². The molecule has 1 aliphatic rings. The largest absolute Gasteiger partial charge is 0.403 e. The zero-order valence-electron chi connectivity index (χ0n) is 13.2. The lowest BCUT2D eigenvalue weighted by atomic mass is 10.0. The van der Waals surface area contributed by atoms with Crippen LogP contribution in [-0.2, 0) is 0 Å². The Morgan fingerprint density at radius 2 is 2.16 bits per heavy atom. The number of fused-ring (bicyclic) bond motifs is 1. The molecule has 25 heavy (non-hydrogen) atoms. The number of halogens is 1. The minimum atomic E-state index is -0.356. The van der Waals surface area contributed by atoms with Gasteiger partial charge in [-0.1, -0.05) is 35.9 Å². The zero-order valence-corrected chi connectivity index (χ0v) is 14.0. The first-order valence-electron chi connectivity index (χ1n) is 7.64. The van der Waals surface area contributed by atoms with Crippen LogP contribution >= 0.6 is 11.6 Å². The van der Waals surface area contributed by atoms with Crippen LogP contribution in [0, 0.1) is 11.3 Å². The van der Waals surface area contributed by atoms with Crippen molar-refractivity contribution in [3.8, 4) is 6.07 Å². The number of benzene rings is 2. The normalized spacial score (nSPS) is 16.6. The molecular weight excluding hydrogens is 338 g/mol. The molecule has 0 spiro atoms. The van der Waals surface area contributed by atoms with E-state index in [0.717, 1.165) is 16.8 Å². The second kappa shape index (κ2) is 7.16. The van der Waals surface area contributed by atoms with Crippen molar-refractivity contribution in [1.29, 1.82) is 5.26 Å². The fourth-order valence-electron chi connectivity index (χ4n) is 2.74. The summed E-state index contributed by atoms with van der Waals surface area (Å²) >= 11 is 5.96. The summed E-state index contributed by atoms with van der Waals surface area (Å²) in [4.78, 5) is 12.1. The summed E-state index contributed by atoms with van der Waals surface area (Å²) in [7, 11) is 0. The van der Waals surface area contributed by atoms with Crippen LogP contribution in [-0.4, -0.2) is 12.6 Å². The van der Waals surface area contributed by atoms with E-state index in [9.17, 15) is 4.79 Å². The molecule has 2 amide bonds. The molecule has 7 heteroatoms. The Kier molecular flexibility index (Phi) is 4.78. The third kappa shape index (κ3) is 3.52. The number of nitrogens with two attached hydrogens (primary N) is 1. The number of nitrogens with one attached hydrogen (secondary N) is 3. The second-order valence-corrected chi connectivity index (χ2v) is 5.91. The molecule has 0 radical (unpaired) electrons. The minimum absolute atomic E-state index is 0.0543. The predicted molar refractivity (Wildman–Crippen MR) is 97.7 cm³/mol. The van der Waals surface area contributed by atoms with Crippen molar-refractivity contribution in [1.82, 2.24) is 10.6 Å². The maximum absolute atomic E-state index is 12.1. The van der Waals surface area contributed by atoms with E-state index in [1.54, 1.807) is 12.1 Å². The molecule has 0 fully saturated rings. The standard InChI is InChI=1S/C18H16ClN5O/c19-15-7-12(6-5-11(15)8-20)23-18(25)22-10-17-14-4-2-1-3-13(14)16(9-21)24-17/h1-7,9,17,24H,10,21H2,(H2,22,23,25)/b16-9-. The molecule has 1 atom stereocenters. The second-order valence-electron chi connectivity index (χ2n) is 5.51. The fourth-order valence-corrected chi connectivity index (χ4v) is 2.96. The predicted octanol–water partition coefficient (Wildman–Crippen LogP) is 2.93. The number of urea groups is 1. The summed E-state index contributed by atoms with van der Waals surface area (Å²) in [5.74, 6) is 0. The van der Waals surface area contributed by atoms with Crippen LogP contribution in [0.4, 0.5) is 10.5 Å². The van der Waals surface area contributed by atoms with Crippen LogP contribution in [0.3, 0.4) is 0 Å². The first kappa shape index (κ1) is 16.7. The van der Waals surface area contributed by atoms with Gasteiger partial charge in [-0.05, 0) is 23.8 Å². The van der Waals surface area contributed by atoms with E-state index >= 15 is 0 Å². The number of carbonyl (C=O) groups is 1. The van der Waals surface area contributed by atoms with Crippen molar-refractivity contribution in [3.63, 3.8) is 0 Å². The number of rotatable bonds is 3. The van der Waals surface area contributed by atoms with Crippen LogP contribution in [0.5, 0.6) is 0 Å². The Balaban J connectivity index is 1.62. The molecule has 2 aromatic rings. The monoisotopic (exact) mass is 353 g/mol. The van der Waals surface area contributed by atoms with Crippen molar-refractivity contribution in [2.75, 3.05) is 11.9 Å². The lowest BCUT2D eigenvalue weighted by molar-refractivity contribution is 0.251. The van der Waals surface area contributed by atoms with Crippen molar-refractivity contribution < 1.29 is 4.79 Å². The third-order valence-corrected chi connectivity index (χ3v) is 4.25. The number of carbonyl (C=O) groups excluding carboxylic acids is 1. The summed E-state index contributed by atoms with van der Waals surface area (Å²) in [6.07, 6.45) is 1.53. The first-order chi connectivity index (χ1) is 12.1. The highest BCUT2D eigenvalue weighted by atomic mass is 35.5. The van der Waals surface area contributed by atoms with E-state index < -0.39 is 0 Å². The van der Waals surface area contributed by atoms with Gasteiger partial charge in [0.05, 0.1) is 22.3 Å². The number of anilines is 1. The first-order valence-corrected chi connectivity index (χ1v) is 8.02. The van der Waals surface area contributed by atoms with Crippen LogP contribution in [0.2, 0.25) is 5.02 Å². The van der Waals surface area contributed by atoms with Gasteiger partial charge in [0.25, 0.3) is 0 Å². The Morgan fingerprint density at radius 1 is 1.36 bits per heavy atom. The smallest absolute Gasteiger partial charge is 0.319 e. The molecule has 5 N–H and O–H groups in total. The minimum Gasteiger partial charge on any atom is -0.403 e. The highest BCUT2D eigenvalue weighted by Gasteiger charge is 2.25. The molecule has 1 unspecified atom stereocenters. The van der Waals surface area contributed by atoms with E-state index in [1.165, 1.54) is 12.3 Å². The maximum Gasteiger partial charge on any atom is 0.319 e. The SMILES string of the molecule is N#Cc1ccc(NC(=O)NCC2N/C(=C\N)c3ccccc32)cc1Cl. The van der Waals surface area contributed by atoms with Gasteiger partial charge in [0.1, 0.15) is 6.07 Å². The number of amides is 2. The fraction of sp³-hybridized carbons (Fsp3) is 0.111. The Hall–Kier alpha value is -3.17. The van der Waals surface area contributed by atoms with E-state index in [1.807, 2.05) is 30.3 Å². The van der Waals surface area contributed by atoms with Crippen molar-refractivity contribution in [2.45, 2.75) is 6.04 Å². The maximum atomic E-state index is 12.1. The summed E-state index contributed by atoms with van der Waals surface area (Å²) < 4.78 is 0. The van der Waals surface area contributed by atoms with Crippen molar-refractivity contribution >= 4 is 29.0 Å². The number of nitrogens with zero attached hydrogens (tertiary/aromatic N) is 1. The van der Waals surface area contributed by atoms with Gasteiger partial charge in [-0.3, -0.25) is 0 Å². The summed E-state index contributed by atoms with van der Waals surface area (Å²) in [6, 6.07) is 14.2. The Morgan fingerprint density at radius 3 is 2.88 bits per heavy atom. The molecule has 126 valence electrons. The lowest BCUT2D eigenvalue weighted by Gasteiger charge is -2.14. The molecule has 1 aliphatic heterocycles. The molecule has 6 nitrogen and oxygen atoms in total. The van der Waals surface area contributed by atoms with Crippen molar-refractivity contribution in [2.24, 2.45) is 5.73 Å². The van der Waals surface area contributed by atoms with Gasteiger partial charge in [0.2, 0.25) is 0 Å². The van der Waals surface area contributed by atoms with Gasteiger partial charge in [-0.2, -0.15) is 5.26 Å². The quantitative estimate of drug-likeness (QED) is 0.681. The van der Waals surface area contributed by atoms with Gasteiger partial charge >= 0.3 is 6.03 Å². The summed E-state index contributed by atoms with van der Waals surface area (Å²) in [5.41, 5.74) is 9.50. The average Bonchev–Trinajstić information content (AvgIpc) is 2.98. The zero-order chi connectivity index (χ0) is 17.8. The van der Waals surface area contributed by atoms with Gasteiger partial charge in [0.15, 0.2) is 0 Å². The average molecular weight is 354 g/mol. The van der Waals surface area contributed by atoms with Crippen molar-refractivity contribution in [3.05, 3.63) is 70.4 Å². The van der Waals surface area contributed by atoms with Crippen LogP contribution < -0.4 is 21.7 Å². The molecule has 0 aliphatic carbocycles. The third-order valence-electron chi connectivity index (χ3n) is 3.94. The molecule has 0 saturated heterocycles. The Bertz CT molecular complexity index is 887. The van der Waals surface area contributed by atoms with Gasteiger partial charge in [0, 0.05) is 24.0 Å². The van der Waals surface area contributed by atoms with Crippen LogP contribution in [0.25, 0.3) is 5.70 Å². The molecule has 3 rings (SSSR count). The van der Waals surface area contributed by atoms with E-state index in [-0.39, 0.29) is 12.1 Å². The van der Waals surface area contributed by atoms with E-state index in [4.69, 9.17) is 22.6 Å². The lowest BCUT2D eigenvalue weighted by Crippen LogP contribution is -2.34. The highest BCUT2D eigenvalue weighted by molar-refractivity contribution is 6.32.